The molecule has 1 aromatic heterocycles. The average molecular weight is 400 g/mol. The van der Waals surface area contributed by atoms with Crippen LogP contribution in [-0.4, -0.2) is 23.0 Å². The number of carbonyl (C=O) groups is 1. The number of aromatic amines is 1. The molecule has 6 nitrogen and oxygen atoms in total. The number of nitrogens with zero attached hydrogens (tertiary/aromatic N) is 2. The Balaban J connectivity index is 1.92. The topological polar surface area (TPSA) is 69.6 Å². The van der Waals surface area contributed by atoms with Crippen molar-refractivity contribution in [3.8, 4) is 0 Å². The van der Waals surface area contributed by atoms with Crippen molar-refractivity contribution in [2.24, 2.45) is 0 Å². The number of carbonyl (C=O) groups excluding carboxylic acids is 1. The molecule has 3 rings (SSSR count). The number of hydrogen-bond acceptors (Lipinski definition) is 2. The minimum Gasteiger partial charge on any atom is -0.328 e. The van der Waals surface area contributed by atoms with Gasteiger partial charge in [-0.05, 0) is 42.1 Å². The lowest BCUT2D eigenvalue weighted by molar-refractivity contribution is 0.208. The quantitative estimate of drug-likeness (QED) is 0.625. The van der Waals surface area contributed by atoms with Crippen molar-refractivity contribution < 1.29 is 18.0 Å². The molecule has 0 bridgehead atoms. The summed E-state index contributed by atoms with van der Waals surface area (Å²) in [5.41, 5.74) is -0.390. The lowest BCUT2D eigenvalue weighted by atomic mass is 10.0. The molecular weight excluding hydrogens is 385 g/mol. The van der Waals surface area contributed by atoms with Gasteiger partial charge in [0.25, 0.3) is 5.56 Å². The van der Waals surface area contributed by atoms with Gasteiger partial charge < -0.3 is 15.2 Å². The molecule has 2 amide bonds. The Hall–Kier alpha value is -3.80. The molecule has 0 saturated heterocycles. The standard InChI is InChI=1S/C20H15F3N4O2/c1-10(13-9-25-19(28)17-12(13)5-7-15(22)18(17)23)27(3)20(29)26-11-4-6-14(21)16(8-11)24-2/h4-10H,1,3H3,(H,25,28)(H,26,29). The van der Waals surface area contributed by atoms with Crippen LogP contribution in [0.1, 0.15) is 18.5 Å². The molecule has 9 heteroatoms. The summed E-state index contributed by atoms with van der Waals surface area (Å²) in [6.07, 6.45) is 1.34. The Kier molecular flexibility index (Phi) is 5.28. The largest absolute Gasteiger partial charge is 0.328 e. The van der Waals surface area contributed by atoms with E-state index in [0.717, 1.165) is 12.1 Å². The molecule has 0 aliphatic carbocycles. The van der Waals surface area contributed by atoms with Crippen molar-refractivity contribution in [3.63, 3.8) is 0 Å². The first-order valence-corrected chi connectivity index (χ1v) is 8.44. The van der Waals surface area contributed by atoms with E-state index < -0.39 is 40.5 Å². The van der Waals surface area contributed by atoms with Crippen LogP contribution in [0.2, 0.25) is 0 Å². The molecular formula is C20H15F3N4O2. The fourth-order valence-electron chi connectivity index (χ4n) is 2.92. The van der Waals surface area contributed by atoms with E-state index in [1.807, 2.05) is 0 Å². The molecule has 2 aromatic carbocycles. The van der Waals surface area contributed by atoms with Crippen LogP contribution in [0.4, 0.5) is 29.3 Å². The van der Waals surface area contributed by atoms with Crippen molar-refractivity contribution in [3.05, 3.63) is 81.3 Å². The van der Waals surface area contributed by atoms with Gasteiger partial charge in [-0.25, -0.2) is 22.8 Å². The van der Waals surface area contributed by atoms with Gasteiger partial charge in [0, 0.05) is 18.9 Å². The first kappa shape index (κ1) is 19.9. The van der Waals surface area contributed by atoms with Gasteiger partial charge in [-0.2, -0.15) is 0 Å². The second-order valence-electron chi connectivity index (χ2n) is 6.35. The fraction of sp³-hybridized carbons (Fsp3) is 0.150. The molecule has 0 spiro atoms. The van der Waals surface area contributed by atoms with Crippen LogP contribution in [0, 0.1) is 24.0 Å². The second-order valence-corrected chi connectivity index (χ2v) is 6.35. The number of pyridine rings is 1. The number of nitrogens with one attached hydrogen (secondary N) is 2. The highest BCUT2D eigenvalue weighted by molar-refractivity contribution is 5.91. The molecule has 0 radical (unpaired) electrons. The number of aromatic nitrogens is 1. The molecule has 29 heavy (non-hydrogen) atoms. The third-order valence-electron chi connectivity index (χ3n) is 4.66. The first-order valence-electron chi connectivity index (χ1n) is 8.44. The van der Waals surface area contributed by atoms with E-state index in [0.29, 0.717) is 5.56 Å². The van der Waals surface area contributed by atoms with Gasteiger partial charge in [0.1, 0.15) is 5.82 Å². The average Bonchev–Trinajstić information content (AvgIpc) is 2.71. The second kappa shape index (κ2) is 7.67. The Bertz CT molecular complexity index is 1220. The SMILES string of the molecule is [C-]#[N+]c1cc(NC(=O)N(C)C(C)c2c[nH]c(=O)c3c(F)c(F)ccc23)ccc1F. The minimum absolute atomic E-state index is 0.178. The molecule has 3 aromatic rings. The maximum atomic E-state index is 14.1. The van der Waals surface area contributed by atoms with E-state index in [4.69, 9.17) is 6.57 Å². The number of benzene rings is 2. The van der Waals surface area contributed by atoms with Gasteiger partial charge in [0.15, 0.2) is 11.6 Å². The van der Waals surface area contributed by atoms with Crippen LogP contribution in [0.5, 0.6) is 0 Å². The fourth-order valence-corrected chi connectivity index (χ4v) is 2.92. The Labute approximate surface area is 163 Å². The molecule has 0 saturated carbocycles. The van der Waals surface area contributed by atoms with Crippen LogP contribution in [0.25, 0.3) is 15.6 Å². The van der Waals surface area contributed by atoms with Crippen molar-refractivity contribution in [2.45, 2.75) is 13.0 Å². The summed E-state index contributed by atoms with van der Waals surface area (Å²) >= 11 is 0. The maximum absolute atomic E-state index is 14.1. The number of amides is 2. The molecule has 148 valence electrons. The highest BCUT2D eigenvalue weighted by Gasteiger charge is 2.22. The monoisotopic (exact) mass is 400 g/mol. The molecule has 0 aliphatic heterocycles. The predicted octanol–water partition coefficient (Wildman–Crippen LogP) is 4.72. The summed E-state index contributed by atoms with van der Waals surface area (Å²) in [5, 5.41) is 2.30. The van der Waals surface area contributed by atoms with Crippen LogP contribution in [0.15, 0.2) is 41.3 Å². The van der Waals surface area contributed by atoms with Crippen LogP contribution in [-0.2, 0) is 0 Å². The zero-order chi connectivity index (χ0) is 21.3. The van der Waals surface area contributed by atoms with Gasteiger partial charge in [0.05, 0.1) is 18.0 Å². The molecule has 0 aliphatic rings. The zero-order valence-corrected chi connectivity index (χ0v) is 15.4. The number of fused-ring (bicyclic) bond motifs is 1. The third kappa shape index (κ3) is 3.65. The summed E-state index contributed by atoms with van der Waals surface area (Å²) in [5.74, 6) is -3.11. The summed E-state index contributed by atoms with van der Waals surface area (Å²) < 4.78 is 41.1. The van der Waals surface area contributed by atoms with E-state index in [1.165, 1.54) is 36.3 Å². The van der Waals surface area contributed by atoms with Crippen LogP contribution >= 0.6 is 0 Å². The summed E-state index contributed by atoms with van der Waals surface area (Å²) in [6, 6.07) is 4.56. The van der Waals surface area contributed by atoms with Crippen LogP contribution in [0.3, 0.4) is 0 Å². The van der Waals surface area contributed by atoms with E-state index in [2.05, 4.69) is 15.1 Å². The third-order valence-corrected chi connectivity index (χ3v) is 4.66. The normalized spacial score (nSPS) is 11.7. The smallest absolute Gasteiger partial charge is 0.322 e. The minimum atomic E-state index is -1.26. The predicted molar refractivity (Wildman–Crippen MR) is 102 cm³/mol. The van der Waals surface area contributed by atoms with Crippen molar-refractivity contribution in [2.75, 3.05) is 12.4 Å². The van der Waals surface area contributed by atoms with E-state index in [1.54, 1.807) is 6.92 Å². The molecule has 1 atom stereocenters. The van der Waals surface area contributed by atoms with Gasteiger partial charge in [0.2, 0.25) is 5.69 Å². The molecule has 1 heterocycles. The van der Waals surface area contributed by atoms with Gasteiger partial charge in [-0.15, -0.1) is 0 Å². The maximum Gasteiger partial charge on any atom is 0.322 e. The van der Waals surface area contributed by atoms with Gasteiger partial charge in [-0.3, -0.25) is 4.79 Å². The number of rotatable bonds is 3. The zero-order valence-electron chi connectivity index (χ0n) is 15.4. The first-order chi connectivity index (χ1) is 13.7. The van der Waals surface area contributed by atoms with E-state index in [-0.39, 0.29) is 16.8 Å². The molecule has 0 fully saturated rings. The van der Waals surface area contributed by atoms with Gasteiger partial charge >= 0.3 is 6.03 Å². The van der Waals surface area contributed by atoms with E-state index in [9.17, 15) is 22.8 Å². The molecule has 2 N–H and O–H groups in total. The van der Waals surface area contributed by atoms with Crippen molar-refractivity contribution >= 4 is 28.2 Å². The number of halogens is 3. The van der Waals surface area contributed by atoms with E-state index >= 15 is 0 Å². The summed E-state index contributed by atoms with van der Waals surface area (Å²) in [6.45, 7) is 8.57. The summed E-state index contributed by atoms with van der Waals surface area (Å²) in [7, 11) is 1.47. The number of anilines is 1. The number of urea groups is 1. The highest BCUT2D eigenvalue weighted by atomic mass is 19.2. The number of hydrogen-bond donors (Lipinski definition) is 2. The lowest BCUT2D eigenvalue weighted by Crippen LogP contribution is -2.34. The Morgan fingerprint density at radius 1 is 1.21 bits per heavy atom. The van der Waals surface area contributed by atoms with Crippen molar-refractivity contribution in [1.29, 1.82) is 0 Å². The van der Waals surface area contributed by atoms with Crippen molar-refractivity contribution in [1.82, 2.24) is 9.88 Å². The Morgan fingerprint density at radius 3 is 2.59 bits per heavy atom. The highest BCUT2D eigenvalue weighted by Crippen LogP contribution is 2.28. The Morgan fingerprint density at radius 2 is 1.90 bits per heavy atom. The van der Waals surface area contributed by atoms with Gasteiger partial charge in [-0.1, -0.05) is 6.07 Å². The molecule has 1 unspecified atom stereocenters. The lowest BCUT2D eigenvalue weighted by Gasteiger charge is -2.26. The summed E-state index contributed by atoms with van der Waals surface area (Å²) in [4.78, 5) is 31.2. The number of H-pyrrole nitrogens is 1. The van der Waals surface area contributed by atoms with Crippen LogP contribution < -0.4 is 10.9 Å².